The van der Waals surface area contributed by atoms with E-state index in [1.807, 2.05) is 12.1 Å². The predicted octanol–water partition coefficient (Wildman–Crippen LogP) is 4.03. The topological polar surface area (TPSA) is 23.5 Å². The van der Waals surface area contributed by atoms with Crippen molar-refractivity contribution in [3.05, 3.63) is 29.3 Å². The molecule has 1 N–H and O–H groups in total. The van der Waals surface area contributed by atoms with Crippen LogP contribution in [0.1, 0.15) is 62.6 Å². The Labute approximate surface area is 116 Å². The van der Waals surface area contributed by atoms with E-state index in [-0.39, 0.29) is 0 Å². The van der Waals surface area contributed by atoms with Crippen LogP contribution >= 0.6 is 0 Å². The third-order valence-corrected chi connectivity index (χ3v) is 4.97. The Morgan fingerprint density at radius 3 is 2.95 bits per heavy atom. The monoisotopic (exact) mass is 259 g/mol. The van der Waals surface area contributed by atoms with Gasteiger partial charge in [0.15, 0.2) is 0 Å². The number of aromatic hydroxyl groups is 1. The van der Waals surface area contributed by atoms with E-state index < -0.39 is 0 Å². The molecule has 0 spiro atoms. The molecular weight excluding hydrogens is 234 g/mol. The van der Waals surface area contributed by atoms with E-state index >= 15 is 0 Å². The Kier molecular flexibility index (Phi) is 3.79. The first kappa shape index (κ1) is 13.0. The van der Waals surface area contributed by atoms with E-state index in [1.54, 1.807) is 0 Å². The second-order valence-corrected chi connectivity index (χ2v) is 6.09. The highest BCUT2D eigenvalue weighted by molar-refractivity contribution is 5.40. The van der Waals surface area contributed by atoms with Crippen LogP contribution in [0.2, 0.25) is 0 Å². The molecule has 104 valence electrons. The summed E-state index contributed by atoms with van der Waals surface area (Å²) in [5.74, 6) is 0.419. The van der Waals surface area contributed by atoms with E-state index in [9.17, 15) is 5.11 Å². The Hall–Kier alpha value is -1.02. The minimum Gasteiger partial charge on any atom is -0.508 e. The number of hydrogen-bond acceptors (Lipinski definition) is 2. The summed E-state index contributed by atoms with van der Waals surface area (Å²) < 4.78 is 0. The summed E-state index contributed by atoms with van der Waals surface area (Å²) in [5, 5.41) is 9.62. The fourth-order valence-electron chi connectivity index (χ4n) is 3.97. The highest BCUT2D eigenvalue weighted by atomic mass is 16.3. The molecule has 2 unspecified atom stereocenters. The number of nitrogens with zero attached hydrogens (tertiary/aromatic N) is 1. The van der Waals surface area contributed by atoms with Crippen molar-refractivity contribution in [2.45, 2.75) is 64.0 Å². The van der Waals surface area contributed by atoms with Crippen molar-refractivity contribution in [3.8, 4) is 5.75 Å². The first-order valence-electron chi connectivity index (χ1n) is 7.87. The molecule has 1 saturated heterocycles. The third kappa shape index (κ3) is 2.51. The van der Waals surface area contributed by atoms with Gasteiger partial charge in [0.1, 0.15) is 5.75 Å². The van der Waals surface area contributed by atoms with Crippen molar-refractivity contribution in [2.75, 3.05) is 6.54 Å². The molecule has 0 saturated carbocycles. The minimum absolute atomic E-state index is 0.419. The average molecular weight is 259 g/mol. The van der Waals surface area contributed by atoms with E-state index in [2.05, 4.69) is 17.9 Å². The van der Waals surface area contributed by atoms with Crippen LogP contribution in [-0.2, 0) is 6.42 Å². The summed E-state index contributed by atoms with van der Waals surface area (Å²) in [5.41, 5.74) is 2.84. The highest BCUT2D eigenvalue weighted by Crippen LogP contribution is 2.40. The second-order valence-electron chi connectivity index (χ2n) is 6.09. The van der Waals surface area contributed by atoms with Gasteiger partial charge in [-0.05, 0) is 61.9 Å². The van der Waals surface area contributed by atoms with Gasteiger partial charge in [-0.2, -0.15) is 0 Å². The maximum absolute atomic E-state index is 9.62. The van der Waals surface area contributed by atoms with E-state index in [4.69, 9.17) is 0 Å². The molecule has 0 amide bonds. The van der Waals surface area contributed by atoms with Crippen LogP contribution in [0.5, 0.6) is 5.75 Å². The van der Waals surface area contributed by atoms with Crippen LogP contribution in [0.3, 0.4) is 0 Å². The number of phenols is 1. The molecule has 1 aliphatic heterocycles. The number of fused-ring (bicyclic) bond motifs is 1. The van der Waals surface area contributed by atoms with Gasteiger partial charge in [-0.1, -0.05) is 25.8 Å². The van der Waals surface area contributed by atoms with Crippen LogP contribution in [0.4, 0.5) is 0 Å². The van der Waals surface area contributed by atoms with Crippen LogP contribution in [0.15, 0.2) is 18.2 Å². The Balaban J connectivity index is 1.86. The number of phenolic OH excluding ortho intramolecular Hbond substituents is 1. The highest BCUT2D eigenvalue weighted by Gasteiger charge is 2.32. The molecule has 19 heavy (non-hydrogen) atoms. The molecule has 0 aromatic heterocycles. The molecule has 3 rings (SSSR count). The van der Waals surface area contributed by atoms with Crippen molar-refractivity contribution in [2.24, 2.45) is 0 Å². The molecule has 2 nitrogen and oxygen atoms in total. The average Bonchev–Trinajstić information content (AvgIpc) is 2.68. The van der Waals surface area contributed by atoms with E-state index in [0.29, 0.717) is 11.8 Å². The summed E-state index contributed by atoms with van der Waals surface area (Å²) in [6.45, 7) is 3.58. The smallest absolute Gasteiger partial charge is 0.115 e. The van der Waals surface area contributed by atoms with Gasteiger partial charge < -0.3 is 5.11 Å². The summed E-state index contributed by atoms with van der Waals surface area (Å²) >= 11 is 0. The minimum atomic E-state index is 0.419. The molecule has 2 aliphatic rings. The van der Waals surface area contributed by atoms with Gasteiger partial charge in [0.05, 0.1) is 0 Å². The molecular formula is C17H25NO. The summed E-state index contributed by atoms with van der Waals surface area (Å²) in [6.07, 6.45) is 9.12. The van der Waals surface area contributed by atoms with Gasteiger partial charge in [0.25, 0.3) is 0 Å². The Morgan fingerprint density at radius 2 is 2.11 bits per heavy atom. The molecule has 2 heteroatoms. The van der Waals surface area contributed by atoms with E-state index in [1.165, 1.54) is 56.2 Å². The van der Waals surface area contributed by atoms with Crippen molar-refractivity contribution in [3.63, 3.8) is 0 Å². The molecule has 1 fully saturated rings. The number of rotatable bonds is 2. The fourth-order valence-corrected chi connectivity index (χ4v) is 3.97. The summed E-state index contributed by atoms with van der Waals surface area (Å²) in [7, 11) is 0. The Morgan fingerprint density at radius 1 is 1.21 bits per heavy atom. The van der Waals surface area contributed by atoms with Gasteiger partial charge in [0.2, 0.25) is 0 Å². The maximum Gasteiger partial charge on any atom is 0.115 e. The molecule has 1 heterocycles. The molecule has 0 bridgehead atoms. The molecule has 0 radical (unpaired) electrons. The zero-order chi connectivity index (χ0) is 13.2. The first-order chi connectivity index (χ1) is 9.29. The van der Waals surface area contributed by atoms with Crippen molar-refractivity contribution >= 4 is 0 Å². The molecule has 1 aromatic rings. The molecule has 2 atom stereocenters. The summed E-state index contributed by atoms with van der Waals surface area (Å²) in [4.78, 5) is 2.76. The van der Waals surface area contributed by atoms with Gasteiger partial charge in [-0.3, -0.25) is 4.90 Å². The predicted molar refractivity (Wildman–Crippen MR) is 78.4 cm³/mol. The standard InChI is InChI=1S/C17H25NO/c1-2-14-6-4-3-5-11-18(14)17-10-7-13-12-15(19)8-9-16(13)17/h8-9,12,14,17,19H,2-7,10-11H2,1H3. The van der Waals surface area contributed by atoms with Crippen LogP contribution < -0.4 is 0 Å². The quantitative estimate of drug-likeness (QED) is 0.866. The van der Waals surface area contributed by atoms with Crippen LogP contribution in [0, 0.1) is 0 Å². The molecule has 1 aromatic carbocycles. The lowest BCUT2D eigenvalue weighted by molar-refractivity contribution is 0.132. The summed E-state index contributed by atoms with van der Waals surface area (Å²) in [6, 6.07) is 7.33. The fraction of sp³-hybridized carbons (Fsp3) is 0.647. The number of likely N-dealkylation sites (tertiary alicyclic amines) is 1. The van der Waals surface area contributed by atoms with Gasteiger partial charge >= 0.3 is 0 Å². The SMILES string of the molecule is CCC1CCCCCN1C1CCc2cc(O)ccc21. The van der Waals surface area contributed by atoms with Gasteiger partial charge in [-0.25, -0.2) is 0 Å². The number of aryl methyl sites for hydroxylation is 1. The van der Waals surface area contributed by atoms with Crippen LogP contribution in [0.25, 0.3) is 0 Å². The largest absolute Gasteiger partial charge is 0.508 e. The number of hydrogen-bond donors (Lipinski definition) is 1. The van der Waals surface area contributed by atoms with Crippen molar-refractivity contribution in [1.29, 1.82) is 0 Å². The molecule has 1 aliphatic carbocycles. The second kappa shape index (κ2) is 5.54. The Bertz CT molecular complexity index is 443. The van der Waals surface area contributed by atoms with Crippen molar-refractivity contribution in [1.82, 2.24) is 4.90 Å². The lowest BCUT2D eigenvalue weighted by Crippen LogP contribution is -2.36. The zero-order valence-corrected chi connectivity index (χ0v) is 11.9. The van der Waals surface area contributed by atoms with Gasteiger partial charge in [-0.15, -0.1) is 0 Å². The maximum atomic E-state index is 9.62. The van der Waals surface area contributed by atoms with Crippen LogP contribution in [-0.4, -0.2) is 22.6 Å². The third-order valence-electron chi connectivity index (χ3n) is 4.97. The normalized spacial score (nSPS) is 28.1. The van der Waals surface area contributed by atoms with Gasteiger partial charge in [0, 0.05) is 12.1 Å². The lowest BCUT2D eigenvalue weighted by Gasteiger charge is -2.35. The van der Waals surface area contributed by atoms with Crippen molar-refractivity contribution < 1.29 is 5.11 Å². The number of benzene rings is 1. The van der Waals surface area contributed by atoms with E-state index in [0.717, 1.165) is 12.5 Å². The lowest BCUT2D eigenvalue weighted by atomic mass is 10.0. The first-order valence-corrected chi connectivity index (χ1v) is 7.87. The zero-order valence-electron chi connectivity index (χ0n) is 11.9.